The van der Waals surface area contributed by atoms with Crippen LogP contribution in [0.1, 0.15) is 32.3 Å². The summed E-state index contributed by atoms with van der Waals surface area (Å²) in [5.41, 5.74) is 2.26. The predicted molar refractivity (Wildman–Crippen MR) is 82.4 cm³/mol. The van der Waals surface area contributed by atoms with Crippen molar-refractivity contribution in [2.75, 3.05) is 17.2 Å². The van der Waals surface area contributed by atoms with Gasteiger partial charge in [-0.3, -0.25) is 0 Å². The molecule has 2 aromatic rings. The molecule has 4 nitrogen and oxygen atoms in total. The van der Waals surface area contributed by atoms with Crippen molar-refractivity contribution >= 4 is 28.7 Å². The first-order valence-electron chi connectivity index (χ1n) is 6.72. The Morgan fingerprint density at radius 1 is 1.16 bits per heavy atom. The Labute approximate surface area is 118 Å². The summed E-state index contributed by atoms with van der Waals surface area (Å²) in [5, 5.41) is 10.9. The molecule has 0 spiro atoms. The molecule has 0 aromatic carbocycles. The molecule has 102 valence electrons. The van der Waals surface area contributed by atoms with Gasteiger partial charge >= 0.3 is 0 Å². The number of thiophene rings is 1. The van der Waals surface area contributed by atoms with Crippen LogP contribution in [0.15, 0.2) is 23.2 Å². The number of rotatable bonds is 7. The molecule has 2 heterocycles. The third kappa shape index (κ3) is 3.67. The number of aromatic nitrogens is 2. The van der Waals surface area contributed by atoms with Crippen LogP contribution in [-0.2, 0) is 6.42 Å². The summed E-state index contributed by atoms with van der Waals surface area (Å²) in [6, 6.07) is 2.06. The van der Waals surface area contributed by atoms with E-state index in [0.29, 0.717) is 0 Å². The standard InChI is InChI=1S/C14H20N4S/c1-3-5-12-13(15-7-4-2)16-10-17-14(12)18-11-6-8-19-9-11/h6,8-10H,3-5,7H2,1-2H3,(H2,15,16,17,18). The maximum atomic E-state index is 4.38. The van der Waals surface area contributed by atoms with Crippen molar-refractivity contribution in [3.05, 3.63) is 28.7 Å². The van der Waals surface area contributed by atoms with Crippen molar-refractivity contribution < 1.29 is 0 Å². The summed E-state index contributed by atoms with van der Waals surface area (Å²) in [4.78, 5) is 8.75. The van der Waals surface area contributed by atoms with Gasteiger partial charge in [0.1, 0.15) is 18.0 Å². The molecule has 0 atom stereocenters. The van der Waals surface area contributed by atoms with Crippen molar-refractivity contribution in [3.63, 3.8) is 0 Å². The first-order valence-corrected chi connectivity index (χ1v) is 7.66. The highest BCUT2D eigenvalue weighted by Gasteiger charge is 2.10. The Kier molecular flexibility index (Phi) is 5.15. The number of hydrogen-bond donors (Lipinski definition) is 2. The lowest BCUT2D eigenvalue weighted by atomic mass is 10.1. The Morgan fingerprint density at radius 2 is 2.00 bits per heavy atom. The Morgan fingerprint density at radius 3 is 2.68 bits per heavy atom. The Hall–Kier alpha value is -1.62. The minimum Gasteiger partial charge on any atom is -0.370 e. The topological polar surface area (TPSA) is 49.8 Å². The lowest BCUT2D eigenvalue weighted by Gasteiger charge is -2.14. The molecular weight excluding hydrogens is 256 g/mol. The van der Waals surface area contributed by atoms with Crippen molar-refractivity contribution in [1.82, 2.24) is 9.97 Å². The van der Waals surface area contributed by atoms with E-state index in [2.05, 4.69) is 51.3 Å². The van der Waals surface area contributed by atoms with Crippen LogP contribution in [0.2, 0.25) is 0 Å². The summed E-state index contributed by atoms with van der Waals surface area (Å²) in [5.74, 6) is 1.87. The molecule has 2 N–H and O–H groups in total. The average Bonchev–Trinajstić information content (AvgIpc) is 2.92. The minimum atomic E-state index is 0.911. The van der Waals surface area contributed by atoms with Crippen LogP contribution in [0.5, 0.6) is 0 Å². The zero-order valence-electron chi connectivity index (χ0n) is 11.4. The average molecular weight is 276 g/mol. The summed E-state index contributed by atoms with van der Waals surface area (Å²) in [7, 11) is 0. The fourth-order valence-corrected chi connectivity index (χ4v) is 2.46. The summed E-state index contributed by atoms with van der Waals surface area (Å²) in [6.45, 7) is 5.26. The van der Waals surface area contributed by atoms with Crippen LogP contribution in [0.3, 0.4) is 0 Å². The van der Waals surface area contributed by atoms with Gasteiger partial charge in [0.15, 0.2) is 0 Å². The van der Waals surface area contributed by atoms with Crippen LogP contribution in [-0.4, -0.2) is 16.5 Å². The molecule has 19 heavy (non-hydrogen) atoms. The van der Waals surface area contributed by atoms with Crippen LogP contribution < -0.4 is 10.6 Å². The monoisotopic (exact) mass is 276 g/mol. The third-order valence-electron chi connectivity index (χ3n) is 2.77. The zero-order valence-corrected chi connectivity index (χ0v) is 12.3. The van der Waals surface area contributed by atoms with Gasteiger partial charge in [-0.05, 0) is 24.3 Å². The molecule has 2 rings (SSSR count). The number of anilines is 3. The maximum absolute atomic E-state index is 4.38. The van der Waals surface area contributed by atoms with Gasteiger partial charge in [-0.1, -0.05) is 20.3 Å². The van der Waals surface area contributed by atoms with E-state index in [1.54, 1.807) is 17.7 Å². The second-order valence-electron chi connectivity index (χ2n) is 4.36. The SMILES string of the molecule is CCCNc1ncnc(Nc2ccsc2)c1CCC. The van der Waals surface area contributed by atoms with E-state index in [9.17, 15) is 0 Å². The van der Waals surface area contributed by atoms with E-state index >= 15 is 0 Å². The lowest BCUT2D eigenvalue weighted by molar-refractivity contribution is 0.892. The molecule has 0 saturated carbocycles. The summed E-state index contributed by atoms with van der Waals surface area (Å²) >= 11 is 1.67. The molecular formula is C14H20N4S. The van der Waals surface area contributed by atoms with Gasteiger partial charge in [0, 0.05) is 17.5 Å². The van der Waals surface area contributed by atoms with Gasteiger partial charge in [-0.25, -0.2) is 9.97 Å². The second kappa shape index (κ2) is 7.09. The quantitative estimate of drug-likeness (QED) is 0.801. The second-order valence-corrected chi connectivity index (χ2v) is 5.14. The van der Waals surface area contributed by atoms with Crippen LogP contribution in [0.25, 0.3) is 0 Å². The molecule has 0 aliphatic rings. The number of nitrogens with one attached hydrogen (secondary N) is 2. The van der Waals surface area contributed by atoms with E-state index in [1.165, 1.54) is 5.56 Å². The molecule has 5 heteroatoms. The van der Waals surface area contributed by atoms with Gasteiger partial charge in [-0.15, -0.1) is 0 Å². The molecule has 0 amide bonds. The van der Waals surface area contributed by atoms with Crippen LogP contribution >= 0.6 is 11.3 Å². The van der Waals surface area contributed by atoms with E-state index in [4.69, 9.17) is 0 Å². The molecule has 2 aromatic heterocycles. The zero-order chi connectivity index (χ0) is 13.5. The van der Waals surface area contributed by atoms with Crippen molar-refractivity contribution in [3.8, 4) is 0 Å². The van der Waals surface area contributed by atoms with Crippen molar-refractivity contribution in [2.45, 2.75) is 33.1 Å². The first kappa shape index (κ1) is 13.8. The minimum absolute atomic E-state index is 0.911. The van der Waals surface area contributed by atoms with Gasteiger partial charge < -0.3 is 10.6 Å². The number of hydrogen-bond acceptors (Lipinski definition) is 5. The normalized spacial score (nSPS) is 10.4. The maximum Gasteiger partial charge on any atom is 0.139 e. The van der Waals surface area contributed by atoms with E-state index in [-0.39, 0.29) is 0 Å². The van der Waals surface area contributed by atoms with E-state index < -0.39 is 0 Å². The highest BCUT2D eigenvalue weighted by atomic mass is 32.1. The molecule has 0 saturated heterocycles. The van der Waals surface area contributed by atoms with E-state index in [0.717, 1.165) is 43.1 Å². The fraction of sp³-hybridized carbons (Fsp3) is 0.429. The fourth-order valence-electron chi connectivity index (χ4n) is 1.87. The Bertz CT molecular complexity index is 496. The predicted octanol–water partition coefficient (Wildman–Crippen LogP) is 4.06. The molecule has 0 aliphatic carbocycles. The molecule has 0 unspecified atom stereocenters. The Balaban J connectivity index is 2.25. The van der Waals surface area contributed by atoms with Gasteiger partial charge in [0.2, 0.25) is 0 Å². The highest BCUT2D eigenvalue weighted by molar-refractivity contribution is 7.08. The van der Waals surface area contributed by atoms with Gasteiger partial charge in [-0.2, -0.15) is 11.3 Å². The molecule has 0 fully saturated rings. The highest BCUT2D eigenvalue weighted by Crippen LogP contribution is 2.25. The largest absolute Gasteiger partial charge is 0.370 e. The summed E-state index contributed by atoms with van der Waals surface area (Å²) in [6.07, 6.45) is 4.75. The van der Waals surface area contributed by atoms with Crippen LogP contribution in [0, 0.1) is 0 Å². The molecule has 0 bridgehead atoms. The lowest BCUT2D eigenvalue weighted by Crippen LogP contribution is -2.09. The molecule has 0 radical (unpaired) electrons. The van der Waals surface area contributed by atoms with Crippen molar-refractivity contribution in [1.29, 1.82) is 0 Å². The first-order chi connectivity index (χ1) is 9.35. The van der Waals surface area contributed by atoms with Gasteiger partial charge in [0.25, 0.3) is 0 Å². The molecule has 0 aliphatic heterocycles. The summed E-state index contributed by atoms with van der Waals surface area (Å²) < 4.78 is 0. The number of nitrogens with zero attached hydrogens (tertiary/aromatic N) is 2. The third-order valence-corrected chi connectivity index (χ3v) is 3.45. The smallest absolute Gasteiger partial charge is 0.139 e. The van der Waals surface area contributed by atoms with E-state index in [1.807, 2.05) is 0 Å². The van der Waals surface area contributed by atoms with Crippen LogP contribution in [0.4, 0.5) is 17.3 Å². The van der Waals surface area contributed by atoms with Gasteiger partial charge in [0.05, 0.1) is 5.69 Å². The van der Waals surface area contributed by atoms with Crippen molar-refractivity contribution in [2.24, 2.45) is 0 Å².